The summed E-state index contributed by atoms with van der Waals surface area (Å²) >= 11 is 7.16. The van der Waals surface area contributed by atoms with Crippen LogP contribution in [-0.2, 0) is 5.75 Å². The van der Waals surface area contributed by atoms with Gasteiger partial charge in [0.1, 0.15) is 17.4 Å². The summed E-state index contributed by atoms with van der Waals surface area (Å²) in [5.41, 5.74) is 0.713. The summed E-state index contributed by atoms with van der Waals surface area (Å²) in [7, 11) is 0. The number of aromatic nitrogens is 2. The quantitative estimate of drug-likeness (QED) is 0.545. The summed E-state index contributed by atoms with van der Waals surface area (Å²) in [5.74, 6) is -0.214. The highest BCUT2D eigenvalue weighted by Crippen LogP contribution is 2.28. The summed E-state index contributed by atoms with van der Waals surface area (Å²) < 4.78 is 13.9. The van der Waals surface area contributed by atoms with Crippen molar-refractivity contribution < 1.29 is 4.39 Å². The van der Waals surface area contributed by atoms with E-state index in [1.165, 1.54) is 12.1 Å². The molecule has 0 aliphatic rings. The molecule has 7 heteroatoms. The number of nitriles is 1. The number of benzene rings is 2. The molecular formula is C18H11ClFN3OS. The van der Waals surface area contributed by atoms with Crippen molar-refractivity contribution in [1.82, 2.24) is 9.97 Å². The Morgan fingerprint density at radius 1 is 1.20 bits per heavy atom. The van der Waals surface area contributed by atoms with Gasteiger partial charge < -0.3 is 4.98 Å². The van der Waals surface area contributed by atoms with Crippen molar-refractivity contribution in [2.75, 3.05) is 0 Å². The van der Waals surface area contributed by atoms with E-state index < -0.39 is 11.4 Å². The smallest absolute Gasteiger partial charge is 0.270 e. The van der Waals surface area contributed by atoms with Crippen molar-refractivity contribution in [3.63, 3.8) is 0 Å². The predicted molar refractivity (Wildman–Crippen MR) is 96.0 cm³/mol. The van der Waals surface area contributed by atoms with Gasteiger partial charge in [0.25, 0.3) is 5.56 Å². The molecule has 0 saturated heterocycles. The minimum absolute atomic E-state index is 0.0560. The second-order valence-electron chi connectivity index (χ2n) is 5.06. The van der Waals surface area contributed by atoms with E-state index in [4.69, 9.17) is 11.6 Å². The van der Waals surface area contributed by atoms with Gasteiger partial charge in [-0.1, -0.05) is 59.8 Å². The molecule has 0 amide bonds. The van der Waals surface area contributed by atoms with E-state index in [-0.39, 0.29) is 11.3 Å². The number of thioether (sulfide) groups is 1. The molecule has 0 aliphatic carbocycles. The average Bonchev–Trinajstić information content (AvgIpc) is 2.61. The van der Waals surface area contributed by atoms with E-state index in [1.807, 2.05) is 12.1 Å². The molecular weight excluding hydrogens is 361 g/mol. The number of hydrogen-bond acceptors (Lipinski definition) is 4. The Hall–Kier alpha value is -2.62. The van der Waals surface area contributed by atoms with Gasteiger partial charge in [-0.25, -0.2) is 9.37 Å². The van der Waals surface area contributed by atoms with E-state index in [9.17, 15) is 14.4 Å². The van der Waals surface area contributed by atoms with Crippen LogP contribution in [0.4, 0.5) is 4.39 Å². The molecule has 3 rings (SSSR count). The van der Waals surface area contributed by atoms with Gasteiger partial charge in [-0.05, 0) is 12.1 Å². The second kappa shape index (κ2) is 7.51. The van der Waals surface area contributed by atoms with Gasteiger partial charge in [-0.15, -0.1) is 0 Å². The largest absolute Gasteiger partial charge is 0.300 e. The fraction of sp³-hybridized carbons (Fsp3) is 0.0556. The van der Waals surface area contributed by atoms with Crippen LogP contribution in [0, 0.1) is 17.1 Å². The lowest BCUT2D eigenvalue weighted by molar-refractivity contribution is 0.617. The van der Waals surface area contributed by atoms with Crippen LogP contribution in [0.25, 0.3) is 11.3 Å². The molecule has 25 heavy (non-hydrogen) atoms. The number of aromatic amines is 1. The SMILES string of the molecule is N#Cc1c(-c2ccccc2)nc(SCc2c(F)cccc2Cl)[nH]c1=O. The summed E-state index contributed by atoms with van der Waals surface area (Å²) in [6.45, 7) is 0. The van der Waals surface area contributed by atoms with Crippen LogP contribution in [-0.4, -0.2) is 9.97 Å². The van der Waals surface area contributed by atoms with E-state index >= 15 is 0 Å². The van der Waals surface area contributed by atoms with E-state index in [1.54, 1.807) is 30.3 Å². The van der Waals surface area contributed by atoms with Gasteiger partial charge in [-0.2, -0.15) is 5.26 Å². The Kier molecular flexibility index (Phi) is 5.17. The highest BCUT2D eigenvalue weighted by atomic mass is 35.5. The fourth-order valence-electron chi connectivity index (χ4n) is 2.24. The van der Waals surface area contributed by atoms with Crippen LogP contribution < -0.4 is 5.56 Å². The zero-order valence-electron chi connectivity index (χ0n) is 12.8. The Bertz CT molecular complexity index is 995. The molecule has 1 heterocycles. The Labute approximate surface area is 152 Å². The maximum absolute atomic E-state index is 13.9. The minimum Gasteiger partial charge on any atom is -0.300 e. The first-order valence-electron chi connectivity index (χ1n) is 7.25. The number of halogens is 2. The summed E-state index contributed by atoms with van der Waals surface area (Å²) in [6, 6.07) is 15.3. The zero-order valence-corrected chi connectivity index (χ0v) is 14.4. The highest BCUT2D eigenvalue weighted by molar-refractivity contribution is 7.98. The monoisotopic (exact) mass is 371 g/mol. The molecule has 1 aromatic heterocycles. The van der Waals surface area contributed by atoms with Crippen LogP contribution in [0.2, 0.25) is 5.02 Å². The van der Waals surface area contributed by atoms with Crippen molar-refractivity contribution in [2.45, 2.75) is 10.9 Å². The van der Waals surface area contributed by atoms with Crippen molar-refractivity contribution in [3.05, 3.63) is 80.9 Å². The standard InChI is InChI=1S/C18H11ClFN3OS/c19-14-7-4-8-15(20)13(14)10-25-18-22-16(11-5-2-1-3-6-11)12(9-21)17(24)23-18/h1-8H,10H2,(H,22,23,24). The molecule has 1 N–H and O–H groups in total. The van der Waals surface area contributed by atoms with Gasteiger partial charge in [0.15, 0.2) is 5.16 Å². The molecule has 0 radical (unpaired) electrons. The van der Waals surface area contributed by atoms with Gasteiger partial charge >= 0.3 is 0 Å². The Morgan fingerprint density at radius 2 is 1.96 bits per heavy atom. The first kappa shape index (κ1) is 17.2. The molecule has 4 nitrogen and oxygen atoms in total. The van der Waals surface area contributed by atoms with Gasteiger partial charge in [-0.3, -0.25) is 4.79 Å². The molecule has 2 aromatic carbocycles. The number of hydrogen-bond donors (Lipinski definition) is 1. The number of nitrogens with zero attached hydrogens (tertiary/aromatic N) is 2. The van der Waals surface area contributed by atoms with Crippen LogP contribution >= 0.6 is 23.4 Å². The molecule has 0 bridgehead atoms. The van der Waals surface area contributed by atoms with E-state index in [0.717, 1.165) is 11.8 Å². The van der Waals surface area contributed by atoms with Crippen molar-refractivity contribution in [2.24, 2.45) is 0 Å². The maximum atomic E-state index is 13.9. The predicted octanol–water partition coefficient (Wildman–Crippen LogP) is 4.39. The molecule has 0 saturated carbocycles. The highest BCUT2D eigenvalue weighted by Gasteiger charge is 2.14. The van der Waals surface area contributed by atoms with Crippen molar-refractivity contribution >= 4 is 23.4 Å². The summed E-state index contributed by atoms with van der Waals surface area (Å²) in [4.78, 5) is 19.1. The molecule has 0 spiro atoms. The number of H-pyrrole nitrogens is 1. The third kappa shape index (κ3) is 3.73. The second-order valence-corrected chi connectivity index (χ2v) is 6.43. The lowest BCUT2D eigenvalue weighted by Gasteiger charge is -2.08. The molecule has 0 atom stereocenters. The van der Waals surface area contributed by atoms with Gasteiger partial charge in [0.05, 0.1) is 5.69 Å². The van der Waals surface area contributed by atoms with Crippen LogP contribution in [0.5, 0.6) is 0 Å². The Morgan fingerprint density at radius 3 is 2.64 bits per heavy atom. The minimum atomic E-state index is -0.529. The average molecular weight is 372 g/mol. The number of nitrogens with one attached hydrogen (secondary N) is 1. The first-order chi connectivity index (χ1) is 12.1. The summed E-state index contributed by atoms with van der Waals surface area (Å²) in [5, 5.41) is 9.85. The Balaban J connectivity index is 1.97. The third-order valence-electron chi connectivity index (χ3n) is 3.47. The van der Waals surface area contributed by atoms with E-state index in [2.05, 4.69) is 9.97 Å². The third-order valence-corrected chi connectivity index (χ3v) is 4.73. The summed E-state index contributed by atoms with van der Waals surface area (Å²) in [6.07, 6.45) is 0. The van der Waals surface area contributed by atoms with Crippen LogP contribution in [0.3, 0.4) is 0 Å². The van der Waals surface area contributed by atoms with Gasteiger partial charge in [0, 0.05) is 21.9 Å². The van der Waals surface area contributed by atoms with Crippen LogP contribution in [0.15, 0.2) is 58.5 Å². The molecule has 124 valence electrons. The first-order valence-corrected chi connectivity index (χ1v) is 8.62. The van der Waals surface area contributed by atoms with Crippen molar-refractivity contribution in [1.29, 1.82) is 5.26 Å². The topological polar surface area (TPSA) is 69.5 Å². The maximum Gasteiger partial charge on any atom is 0.270 e. The van der Waals surface area contributed by atoms with Gasteiger partial charge in [0.2, 0.25) is 0 Å². The fourth-order valence-corrected chi connectivity index (χ4v) is 3.44. The molecule has 0 aliphatic heterocycles. The number of rotatable bonds is 4. The zero-order chi connectivity index (χ0) is 17.8. The molecule has 0 unspecified atom stereocenters. The van der Waals surface area contributed by atoms with Crippen molar-refractivity contribution in [3.8, 4) is 17.3 Å². The molecule has 0 fully saturated rings. The van der Waals surface area contributed by atoms with Crippen LogP contribution in [0.1, 0.15) is 11.1 Å². The van der Waals surface area contributed by atoms with E-state index in [0.29, 0.717) is 27.0 Å². The molecule has 3 aromatic rings. The lowest BCUT2D eigenvalue weighted by Crippen LogP contribution is -2.14. The lowest BCUT2D eigenvalue weighted by atomic mass is 10.1. The normalized spacial score (nSPS) is 10.4.